The molecule has 1 aromatic heterocycles. The second kappa shape index (κ2) is 6.18. The van der Waals surface area contributed by atoms with Crippen molar-refractivity contribution < 1.29 is 4.79 Å². The van der Waals surface area contributed by atoms with Crippen LogP contribution in [0, 0.1) is 0 Å². The molecule has 0 saturated heterocycles. The van der Waals surface area contributed by atoms with Crippen LogP contribution in [-0.2, 0) is 17.8 Å². The highest BCUT2D eigenvalue weighted by atomic mass is 16.2. The maximum Gasteiger partial charge on any atom is 0.240 e. The fourth-order valence-corrected chi connectivity index (χ4v) is 1.96. The van der Waals surface area contributed by atoms with E-state index in [1.165, 1.54) is 5.56 Å². The van der Waals surface area contributed by atoms with Crippen LogP contribution in [0.1, 0.15) is 31.0 Å². The van der Waals surface area contributed by atoms with E-state index in [0.717, 1.165) is 12.0 Å². The van der Waals surface area contributed by atoms with E-state index in [1.54, 1.807) is 23.3 Å². The van der Waals surface area contributed by atoms with E-state index in [0.29, 0.717) is 6.54 Å². The predicted molar refractivity (Wildman–Crippen MR) is 74.6 cm³/mol. The lowest BCUT2D eigenvalue weighted by Gasteiger charge is -2.15. The smallest absolute Gasteiger partial charge is 0.240 e. The summed E-state index contributed by atoms with van der Waals surface area (Å²) in [6.07, 6.45) is 6.11. The zero-order chi connectivity index (χ0) is 13.7. The van der Waals surface area contributed by atoms with Crippen LogP contribution in [0.15, 0.2) is 43.0 Å². The Hall–Kier alpha value is -2.10. The summed E-state index contributed by atoms with van der Waals surface area (Å²) in [7, 11) is 0. The van der Waals surface area contributed by atoms with Gasteiger partial charge >= 0.3 is 0 Å². The molecule has 0 aliphatic rings. The molecule has 0 spiro atoms. The Bertz CT molecular complexity index is 517. The maximum atomic E-state index is 11.9. The van der Waals surface area contributed by atoms with Gasteiger partial charge in [0.25, 0.3) is 0 Å². The van der Waals surface area contributed by atoms with Gasteiger partial charge in [-0.1, -0.05) is 31.2 Å². The van der Waals surface area contributed by atoms with Crippen LogP contribution < -0.4 is 5.32 Å². The van der Waals surface area contributed by atoms with Crippen LogP contribution in [0.25, 0.3) is 0 Å². The SMILES string of the molecule is CCc1ccc(C(C)NC(=O)Cn2ccnc2)cc1. The summed E-state index contributed by atoms with van der Waals surface area (Å²) in [4.78, 5) is 15.8. The van der Waals surface area contributed by atoms with Gasteiger partial charge in [-0.15, -0.1) is 0 Å². The molecule has 1 amide bonds. The molecule has 0 bridgehead atoms. The van der Waals surface area contributed by atoms with E-state index in [2.05, 4.69) is 41.5 Å². The minimum absolute atomic E-state index is 0.00920. The monoisotopic (exact) mass is 257 g/mol. The maximum absolute atomic E-state index is 11.9. The van der Waals surface area contributed by atoms with Gasteiger partial charge in [-0.2, -0.15) is 0 Å². The number of nitrogens with zero attached hydrogens (tertiary/aromatic N) is 2. The molecule has 2 rings (SSSR count). The van der Waals surface area contributed by atoms with Gasteiger partial charge in [0.15, 0.2) is 0 Å². The normalized spacial score (nSPS) is 12.1. The molecule has 0 aliphatic heterocycles. The van der Waals surface area contributed by atoms with Crippen molar-refractivity contribution in [3.63, 3.8) is 0 Å². The van der Waals surface area contributed by atoms with Gasteiger partial charge in [-0.25, -0.2) is 4.98 Å². The van der Waals surface area contributed by atoms with Crippen molar-refractivity contribution in [2.75, 3.05) is 0 Å². The van der Waals surface area contributed by atoms with Crippen molar-refractivity contribution in [3.05, 3.63) is 54.1 Å². The molecule has 1 aromatic carbocycles. The van der Waals surface area contributed by atoms with Crippen molar-refractivity contribution in [1.29, 1.82) is 0 Å². The first-order chi connectivity index (χ1) is 9.19. The molecule has 4 nitrogen and oxygen atoms in total. The summed E-state index contributed by atoms with van der Waals surface area (Å²) in [5.74, 6) is -0.00920. The van der Waals surface area contributed by atoms with Crippen molar-refractivity contribution in [2.24, 2.45) is 0 Å². The Morgan fingerprint density at radius 3 is 2.68 bits per heavy atom. The van der Waals surface area contributed by atoms with Crippen LogP contribution in [0.4, 0.5) is 0 Å². The number of carbonyl (C=O) groups excluding carboxylic acids is 1. The number of aryl methyl sites for hydroxylation is 1. The molecule has 1 unspecified atom stereocenters. The second-order valence-electron chi connectivity index (χ2n) is 4.62. The number of nitrogens with one attached hydrogen (secondary N) is 1. The molecule has 2 aromatic rings. The van der Waals surface area contributed by atoms with Gasteiger partial charge in [0.1, 0.15) is 6.54 Å². The van der Waals surface area contributed by atoms with Gasteiger partial charge in [-0.05, 0) is 24.5 Å². The standard InChI is InChI=1S/C15H19N3O/c1-3-13-4-6-14(7-5-13)12(2)17-15(19)10-18-9-8-16-11-18/h4-9,11-12H,3,10H2,1-2H3,(H,17,19). The fourth-order valence-electron chi connectivity index (χ4n) is 1.96. The molecular weight excluding hydrogens is 238 g/mol. The first-order valence-electron chi connectivity index (χ1n) is 6.53. The van der Waals surface area contributed by atoms with E-state index in [9.17, 15) is 4.79 Å². The van der Waals surface area contributed by atoms with Crippen LogP contribution in [-0.4, -0.2) is 15.5 Å². The lowest BCUT2D eigenvalue weighted by Crippen LogP contribution is -2.29. The molecule has 4 heteroatoms. The molecule has 0 radical (unpaired) electrons. The molecule has 1 atom stereocenters. The number of amides is 1. The third kappa shape index (κ3) is 3.68. The third-order valence-corrected chi connectivity index (χ3v) is 3.15. The average molecular weight is 257 g/mol. The highest BCUT2D eigenvalue weighted by Crippen LogP contribution is 2.13. The zero-order valence-electron chi connectivity index (χ0n) is 11.3. The fraction of sp³-hybridized carbons (Fsp3) is 0.333. The summed E-state index contributed by atoms with van der Waals surface area (Å²) >= 11 is 0. The predicted octanol–water partition coefficient (Wildman–Crippen LogP) is 2.32. The van der Waals surface area contributed by atoms with Crippen molar-refractivity contribution in [3.8, 4) is 0 Å². The summed E-state index contributed by atoms with van der Waals surface area (Å²) in [6.45, 7) is 4.43. The second-order valence-corrected chi connectivity index (χ2v) is 4.62. The number of benzene rings is 1. The lowest BCUT2D eigenvalue weighted by molar-refractivity contribution is -0.122. The number of carbonyl (C=O) groups is 1. The molecule has 0 fully saturated rings. The molecule has 0 aliphatic carbocycles. The van der Waals surface area contributed by atoms with Crippen LogP contribution in [0.3, 0.4) is 0 Å². The summed E-state index contributed by atoms with van der Waals surface area (Å²) in [5.41, 5.74) is 2.43. The van der Waals surface area contributed by atoms with Gasteiger partial charge in [0.2, 0.25) is 5.91 Å². The molecule has 19 heavy (non-hydrogen) atoms. The van der Waals surface area contributed by atoms with E-state index >= 15 is 0 Å². The van der Waals surface area contributed by atoms with E-state index in [1.807, 2.05) is 6.92 Å². The van der Waals surface area contributed by atoms with Crippen molar-refractivity contribution in [1.82, 2.24) is 14.9 Å². The highest BCUT2D eigenvalue weighted by Gasteiger charge is 2.09. The number of hydrogen-bond donors (Lipinski definition) is 1. The van der Waals surface area contributed by atoms with E-state index < -0.39 is 0 Å². The Morgan fingerprint density at radius 1 is 1.37 bits per heavy atom. The van der Waals surface area contributed by atoms with Crippen LogP contribution in [0.2, 0.25) is 0 Å². The third-order valence-electron chi connectivity index (χ3n) is 3.15. The molecule has 0 saturated carbocycles. The molecule has 100 valence electrons. The molecule has 1 N–H and O–H groups in total. The number of hydrogen-bond acceptors (Lipinski definition) is 2. The lowest BCUT2D eigenvalue weighted by atomic mass is 10.1. The first kappa shape index (κ1) is 13.3. The van der Waals surface area contributed by atoms with Gasteiger partial charge in [0, 0.05) is 12.4 Å². The summed E-state index contributed by atoms with van der Waals surface area (Å²) in [6, 6.07) is 8.37. The molecular formula is C15H19N3O. The first-order valence-corrected chi connectivity index (χ1v) is 6.53. The number of rotatable bonds is 5. The minimum atomic E-state index is -0.00920. The number of imidazole rings is 1. The van der Waals surface area contributed by atoms with Gasteiger partial charge in [-0.3, -0.25) is 4.79 Å². The quantitative estimate of drug-likeness (QED) is 0.893. The van der Waals surface area contributed by atoms with Gasteiger partial charge < -0.3 is 9.88 Å². The largest absolute Gasteiger partial charge is 0.348 e. The van der Waals surface area contributed by atoms with Crippen LogP contribution in [0.5, 0.6) is 0 Å². The van der Waals surface area contributed by atoms with E-state index in [4.69, 9.17) is 0 Å². The van der Waals surface area contributed by atoms with Crippen molar-refractivity contribution >= 4 is 5.91 Å². The Labute approximate surface area is 113 Å². The van der Waals surface area contributed by atoms with Crippen LogP contribution >= 0.6 is 0 Å². The Balaban J connectivity index is 1.92. The van der Waals surface area contributed by atoms with Crippen molar-refractivity contribution in [2.45, 2.75) is 32.9 Å². The minimum Gasteiger partial charge on any atom is -0.348 e. The van der Waals surface area contributed by atoms with Gasteiger partial charge in [0.05, 0.1) is 12.4 Å². The topological polar surface area (TPSA) is 46.9 Å². The summed E-state index contributed by atoms with van der Waals surface area (Å²) < 4.78 is 1.75. The molecule has 1 heterocycles. The Kier molecular flexibility index (Phi) is 4.34. The zero-order valence-corrected chi connectivity index (χ0v) is 11.3. The Morgan fingerprint density at radius 2 is 2.11 bits per heavy atom. The average Bonchev–Trinajstić information content (AvgIpc) is 2.91. The summed E-state index contributed by atoms with van der Waals surface area (Å²) in [5, 5.41) is 2.98. The van der Waals surface area contributed by atoms with E-state index in [-0.39, 0.29) is 11.9 Å². The highest BCUT2D eigenvalue weighted by molar-refractivity contribution is 5.76. The number of aromatic nitrogens is 2.